The average molecular weight is 124 g/mol. The Labute approximate surface area is 55.9 Å². The van der Waals surface area contributed by atoms with Gasteiger partial charge in [-0.05, 0) is 0 Å². The van der Waals surface area contributed by atoms with Gasteiger partial charge in [0.2, 0.25) is 0 Å². The third-order valence-electron chi connectivity index (χ3n) is 1.43. The van der Waals surface area contributed by atoms with Gasteiger partial charge in [0.05, 0.1) is 0 Å². The van der Waals surface area contributed by atoms with Crippen molar-refractivity contribution >= 4 is 0 Å². The fourth-order valence-electron chi connectivity index (χ4n) is 0.940. The van der Waals surface area contributed by atoms with E-state index in [2.05, 4.69) is 22.5 Å². The summed E-state index contributed by atoms with van der Waals surface area (Å²) in [7, 11) is 0. The molecule has 0 saturated carbocycles. The number of piperazine rings is 1. The smallest absolute Gasteiger partial charge is 0.0418 e. The number of nitrogens with zero attached hydrogens (tertiary/aromatic N) is 1. The summed E-state index contributed by atoms with van der Waals surface area (Å²) in [4.78, 5) is 2.21. The van der Waals surface area contributed by atoms with Crippen LogP contribution >= 0.6 is 0 Å². The van der Waals surface area contributed by atoms with Crippen molar-refractivity contribution < 1.29 is 0 Å². The Morgan fingerprint density at radius 2 is 2.11 bits per heavy atom. The summed E-state index contributed by atoms with van der Waals surface area (Å²) in [6, 6.07) is 0. The van der Waals surface area contributed by atoms with E-state index in [-0.39, 0.29) is 0 Å². The monoisotopic (exact) mass is 124 g/mol. The Kier molecular flexibility index (Phi) is 2.37. The Morgan fingerprint density at radius 3 is 2.67 bits per heavy atom. The molecule has 0 aromatic heterocycles. The van der Waals surface area contributed by atoms with Crippen LogP contribution < -0.4 is 5.32 Å². The second kappa shape index (κ2) is 3.33. The molecular formula is C7H12N2. The quantitative estimate of drug-likeness (QED) is 0.502. The van der Waals surface area contributed by atoms with Gasteiger partial charge >= 0.3 is 0 Å². The van der Waals surface area contributed by atoms with Crippen molar-refractivity contribution in [2.75, 3.05) is 26.2 Å². The lowest BCUT2D eigenvalue weighted by atomic mass is 10.4. The van der Waals surface area contributed by atoms with Gasteiger partial charge in [0.25, 0.3) is 0 Å². The molecule has 1 heterocycles. The zero-order valence-electron chi connectivity index (χ0n) is 5.56. The highest BCUT2D eigenvalue weighted by atomic mass is 15.2. The normalized spacial score (nSPS) is 18.9. The summed E-state index contributed by atoms with van der Waals surface area (Å²) >= 11 is 0. The maximum absolute atomic E-state index is 3.51. The maximum atomic E-state index is 3.51. The second-order valence-corrected chi connectivity index (χ2v) is 2.12. The van der Waals surface area contributed by atoms with Gasteiger partial charge < -0.3 is 10.2 Å². The molecule has 1 aliphatic rings. The Morgan fingerprint density at radius 1 is 1.44 bits per heavy atom. The van der Waals surface area contributed by atoms with Gasteiger partial charge in [-0.15, -0.1) is 5.73 Å². The molecule has 0 spiro atoms. The van der Waals surface area contributed by atoms with Gasteiger partial charge in [0, 0.05) is 32.4 Å². The van der Waals surface area contributed by atoms with E-state index in [1.165, 1.54) is 0 Å². The highest BCUT2D eigenvalue weighted by Gasteiger charge is 2.02. The zero-order valence-corrected chi connectivity index (χ0v) is 5.56. The van der Waals surface area contributed by atoms with E-state index >= 15 is 0 Å². The molecule has 2 heteroatoms. The van der Waals surface area contributed by atoms with E-state index in [1.54, 1.807) is 0 Å². The Balaban J connectivity index is 2.31. The van der Waals surface area contributed by atoms with Crippen LogP contribution in [0.5, 0.6) is 0 Å². The van der Waals surface area contributed by atoms with Crippen LogP contribution in [0.1, 0.15) is 0 Å². The molecule has 1 rings (SSSR count). The van der Waals surface area contributed by atoms with Crippen LogP contribution in [0.25, 0.3) is 0 Å². The molecule has 0 unspecified atom stereocenters. The molecule has 0 aliphatic carbocycles. The zero-order chi connectivity index (χ0) is 6.53. The molecule has 1 saturated heterocycles. The molecule has 2 nitrogen and oxygen atoms in total. The van der Waals surface area contributed by atoms with E-state index in [0.717, 1.165) is 26.2 Å². The van der Waals surface area contributed by atoms with Gasteiger partial charge in [0.15, 0.2) is 0 Å². The van der Waals surface area contributed by atoms with Gasteiger partial charge in [-0.1, -0.05) is 6.58 Å². The fraction of sp³-hybridized carbons (Fsp3) is 0.571. The molecular weight excluding hydrogens is 112 g/mol. The van der Waals surface area contributed by atoms with Crippen LogP contribution in [-0.4, -0.2) is 31.1 Å². The van der Waals surface area contributed by atoms with Crippen molar-refractivity contribution in [3.05, 3.63) is 18.5 Å². The first-order valence-electron chi connectivity index (χ1n) is 3.24. The summed E-state index contributed by atoms with van der Waals surface area (Å²) in [6.45, 7) is 7.85. The largest absolute Gasteiger partial charge is 0.369 e. The Hall–Kier alpha value is -0.720. The van der Waals surface area contributed by atoms with Gasteiger partial charge in [-0.3, -0.25) is 0 Å². The molecule has 0 radical (unpaired) electrons. The van der Waals surface area contributed by atoms with E-state index in [0.29, 0.717) is 0 Å². The molecule has 1 N–H and O–H groups in total. The molecule has 1 fully saturated rings. The third-order valence-corrected chi connectivity index (χ3v) is 1.43. The average Bonchev–Trinajstić information content (AvgIpc) is 1.91. The number of hydrogen-bond donors (Lipinski definition) is 1. The molecule has 0 aromatic carbocycles. The van der Waals surface area contributed by atoms with Crippen molar-refractivity contribution in [1.29, 1.82) is 0 Å². The lowest BCUT2D eigenvalue weighted by molar-refractivity contribution is 0.324. The minimum absolute atomic E-state index is 1.08. The van der Waals surface area contributed by atoms with Crippen molar-refractivity contribution in [3.63, 3.8) is 0 Å². The highest BCUT2D eigenvalue weighted by molar-refractivity contribution is 4.80. The first-order chi connectivity index (χ1) is 4.43. The summed E-state index contributed by atoms with van der Waals surface area (Å²) < 4.78 is 0. The fourth-order valence-corrected chi connectivity index (χ4v) is 0.940. The third kappa shape index (κ3) is 1.92. The van der Waals surface area contributed by atoms with E-state index in [1.807, 2.05) is 6.20 Å². The summed E-state index contributed by atoms with van der Waals surface area (Å²) in [5, 5.41) is 3.26. The minimum atomic E-state index is 1.08. The maximum Gasteiger partial charge on any atom is 0.0418 e. The standard InChI is InChI=1S/C7H12N2/c1-2-5-9-6-3-8-4-7-9/h5,8H,1,3-4,6-7H2. The van der Waals surface area contributed by atoms with Gasteiger partial charge in [-0.25, -0.2) is 0 Å². The summed E-state index contributed by atoms with van der Waals surface area (Å²) in [5.74, 6) is 0. The van der Waals surface area contributed by atoms with Crippen LogP contribution in [-0.2, 0) is 0 Å². The van der Waals surface area contributed by atoms with Crippen LogP contribution in [0.3, 0.4) is 0 Å². The van der Waals surface area contributed by atoms with Gasteiger partial charge in [0.1, 0.15) is 0 Å². The van der Waals surface area contributed by atoms with Crippen LogP contribution in [0.2, 0.25) is 0 Å². The molecule has 50 valence electrons. The topological polar surface area (TPSA) is 15.3 Å². The number of hydrogen-bond acceptors (Lipinski definition) is 2. The van der Waals surface area contributed by atoms with Crippen molar-refractivity contribution in [1.82, 2.24) is 10.2 Å². The molecule has 9 heavy (non-hydrogen) atoms. The minimum Gasteiger partial charge on any atom is -0.369 e. The summed E-state index contributed by atoms with van der Waals surface area (Å²) in [6.07, 6.45) is 1.92. The van der Waals surface area contributed by atoms with Crippen LogP contribution in [0.4, 0.5) is 0 Å². The SMILES string of the molecule is C=C=CN1CCNCC1. The van der Waals surface area contributed by atoms with E-state index < -0.39 is 0 Å². The molecule has 1 aliphatic heterocycles. The molecule has 0 amide bonds. The van der Waals surface area contributed by atoms with E-state index in [4.69, 9.17) is 0 Å². The first-order valence-corrected chi connectivity index (χ1v) is 3.24. The predicted molar refractivity (Wildman–Crippen MR) is 38.2 cm³/mol. The lowest BCUT2D eigenvalue weighted by Crippen LogP contribution is -2.40. The van der Waals surface area contributed by atoms with E-state index in [9.17, 15) is 0 Å². The molecule has 0 atom stereocenters. The van der Waals surface area contributed by atoms with Crippen LogP contribution in [0.15, 0.2) is 18.5 Å². The highest BCUT2D eigenvalue weighted by Crippen LogP contribution is 1.90. The van der Waals surface area contributed by atoms with Crippen molar-refractivity contribution in [3.8, 4) is 0 Å². The molecule has 0 bridgehead atoms. The first kappa shape index (κ1) is 6.40. The van der Waals surface area contributed by atoms with Crippen molar-refractivity contribution in [2.45, 2.75) is 0 Å². The lowest BCUT2D eigenvalue weighted by Gasteiger charge is -2.24. The second-order valence-electron chi connectivity index (χ2n) is 2.12. The Bertz CT molecular complexity index is 119. The number of nitrogens with one attached hydrogen (secondary N) is 1. The summed E-state index contributed by atoms with van der Waals surface area (Å²) in [5.41, 5.74) is 2.76. The van der Waals surface area contributed by atoms with Gasteiger partial charge in [-0.2, -0.15) is 0 Å². The van der Waals surface area contributed by atoms with Crippen molar-refractivity contribution in [2.24, 2.45) is 0 Å². The number of rotatable bonds is 1. The molecule has 0 aromatic rings. The van der Waals surface area contributed by atoms with Crippen LogP contribution in [0, 0.1) is 0 Å². The predicted octanol–water partition coefficient (Wildman–Crippen LogP) is 0.190.